The lowest BCUT2D eigenvalue weighted by Gasteiger charge is -2.04. The molecule has 84 valence electrons. The zero-order valence-corrected chi connectivity index (χ0v) is 10.1. The highest BCUT2D eigenvalue weighted by atomic mass is 16.1. The Kier molecular flexibility index (Phi) is 6.68. The Balaban J connectivity index is 3.98. The third kappa shape index (κ3) is 6.89. The first kappa shape index (κ1) is 13.9. The van der Waals surface area contributed by atoms with E-state index in [0.29, 0.717) is 12.3 Å². The molecule has 0 aromatic heterocycles. The van der Waals surface area contributed by atoms with Crippen molar-refractivity contribution in [3.8, 4) is 0 Å². The lowest BCUT2D eigenvalue weighted by molar-refractivity contribution is -0.120. The van der Waals surface area contributed by atoms with E-state index in [1.165, 1.54) is 0 Å². The summed E-state index contributed by atoms with van der Waals surface area (Å²) in [6, 6.07) is 0. The van der Waals surface area contributed by atoms with Crippen molar-refractivity contribution in [1.29, 1.82) is 0 Å². The van der Waals surface area contributed by atoms with Crippen molar-refractivity contribution < 1.29 is 4.79 Å². The molecule has 0 bridgehead atoms. The maximum Gasteiger partial charge on any atom is 0.143 e. The summed E-state index contributed by atoms with van der Waals surface area (Å²) in [5.74, 6) is 0.765. The van der Waals surface area contributed by atoms with Gasteiger partial charge in [-0.15, -0.1) is 6.58 Å². The predicted molar refractivity (Wildman–Crippen MR) is 66.7 cm³/mol. The van der Waals surface area contributed by atoms with E-state index in [-0.39, 0.29) is 11.7 Å². The Morgan fingerprint density at radius 1 is 1.33 bits per heavy atom. The van der Waals surface area contributed by atoms with Gasteiger partial charge in [0.15, 0.2) is 0 Å². The third-order valence-electron chi connectivity index (χ3n) is 2.22. The molecule has 1 heteroatoms. The van der Waals surface area contributed by atoms with Crippen molar-refractivity contribution in [2.24, 2.45) is 11.8 Å². The van der Waals surface area contributed by atoms with E-state index in [4.69, 9.17) is 0 Å². The molecule has 15 heavy (non-hydrogen) atoms. The second-order valence-corrected chi connectivity index (χ2v) is 4.36. The standard InChI is InChI=1S/C14H22O/c1-6-13(5)14(15)10-12(4)9-7-8-11(2)3/h6-7,9,11,13H,1,4,8,10H2,2-3,5H3. The van der Waals surface area contributed by atoms with Gasteiger partial charge in [0.2, 0.25) is 0 Å². The molecule has 0 saturated carbocycles. The van der Waals surface area contributed by atoms with Crippen LogP contribution in [0.1, 0.15) is 33.6 Å². The summed E-state index contributed by atoms with van der Waals surface area (Å²) < 4.78 is 0. The average Bonchev–Trinajstić information content (AvgIpc) is 2.15. The third-order valence-corrected chi connectivity index (χ3v) is 2.22. The first-order valence-electron chi connectivity index (χ1n) is 5.47. The maximum absolute atomic E-state index is 11.5. The fraction of sp³-hybridized carbons (Fsp3) is 0.500. The second-order valence-electron chi connectivity index (χ2n) is 4.36. The van der Waals surface area contributed by atoms with Gasteiger partial charge >= 0.3 is 0 Å². The van der Waals surface area contributed by atoms with Crippen LogP contribution >= 0.6 is 0 Å². The minimum atomic E-state index is -0.0692. The molecule has 0 heterocycles. The number of carbonyl (C=O) groups excluding carboxylic acids is 1. The van der Waals surface area contributed by atoms with Crippen LogP contribution in [0.2, 0.25) is 0 Å². The summed E-state index contributed by atoms with van der Waals surface area (Å²) in [6.45, 7) is 13.7. The summed E-state index contributed by atoms with van der Waals surface area (Å²) in [7, 11) is 0. The molecule has 0 aromatic rings. The number of hydrogen-bond donors (Lipinski definition) is 0. The van der Waals surface area contributed by atoms with Crippen LogP contribution < -0.4 is 0 Å². The Morgan fingerprint density at radius 2 is 1.93 bits per heavy atom. The summed E-state index contributed by atoms with van der Waals surface area (Å²) in [5.41, 5.74) is 0.884. The first-order chi connectivity index (χ1) is 6.97. The number of Topliss-reactive ketones (excluding diaryl/α,β-unsaturated/α-hetero) is 1. The van der Waals surface area contributed by atoms with Crippen LogP contribution in [0.25, 0.3) is 0 Å². The van der Waals surface area contributed by atoms with E-state index in [0.717, 1.165) is 12.0 Å². The normalized spacial score (nSPS) is 13.1. The molecule has 0 aromatic carbocycles. The monoisotopic (exact) mass is 206 g/mol. The fourth-order valence-electron chi connectivity index (χ4n) is 1.08. The lowest BCUT2D eigenvalue weighted by atomic mass is 9.99. The summed E-state index contributed by atoms with van der Waals surface area (Å²) >= 11 is 0. The molecule has 0 amide bonds. The number of hydrogen-bond acceptors (Lipinski definition) is 1. The van der Waals surface area contributed by atoms with Crippen molar-refractivity contribution in [3.05, 3.63) is 37.0 Å². The molecule has 0 spiro atoms. The predicted octanol–water partition coefficient (Wildman–Crippen LogP) is 3.93. The van der Waals surface area contributed by atoms with Crippen LogP contribution in [0.4, 0.5) is 0 Å². The zero-order chi connectivity index (χ0) is 11.8. The van der Waals surface area contributed by atoms with Crippen molar-refractivity contribution in [2.45, 2.75) is 33.6 Å². The van der Waals surface area contributed by atoms with Gasteiger partial charge < -0.3 is 0 Å². The largest absolute Gasteiger partial charge is 0.299 e. The Hall–Kier alpha value is -1.11. The van der Waals surface area contributed by atoms with Crippen LogP contribution in [0.3, 0.4) is 0 Å². The highest BCUT2D eigenvalue weighted by Crippen LogP contribution is 2.10. The maximum atomic E-state index is 11.5. The van der Waals surface area contributed by atoms with Gasteiger partial charge in [0.1, 0.15) is 5.78 Å². The van der Waals surface area contributed by atoms with Crippen LogP contribution in [-0.4, -0.2) is 5.78 Å². The topological polar surface area (TPSA) is 17.1 Å². The van der Waals surface area contributed by atoms with Gasteiger partial charge in [-0.25, -0.2) is 0 Å². The van der Waals surface area contributed by atoms with Crippen LogP contribution in [0.5, 0.6) is 0 Å². The number of carbonyl (C=O) groups is 1. The Labute approximate surface area is 93.6 Å². The highest BCUT2D eigenvalue weighted by molar-refractivity contribution is 5.84. The van der Waals surface area contributed by atoms with E-state index in [2.05, 4.69) is 33.1 Å². The van der Waals surface area contributed by atoms with Crippen molar-refractivity contribution in [3.63, 3.8) is 0 Å². The molecule has 0 fully saturated rings. The first-order valence-corrected chi connectivity index (χ1v) is 5.47. The lowest BCUT2D eigenvalue weighted by Crippen LogP contribution is -2.07. The minimum absolute atomic E-state index is 0.0692. The van der Waals surface area contributed by atoms with Gasteiger partial charge in [0.05, 0.1) is 0 Å². The summed E-state index contributed by atoms with van der Waals surface area (Å²) in [6.07, 6.45) is 7.17. The Morgan fingerprint density at radius 3 is 2.40 bits per heavy atom. The van der Waals surface area contributed by atoms with E-state index in [1.54, 1.807) is 6.08 Å². The van der Waals surface area contributed by atoms with Gasteiger partial charge in [0, 0.05) is 12.3 Å². The zero-order valence-electron chi connectivity index (χ0n) is 10.1. The smallest absolute Gasteiger partial charge is 0.143 e. The van der Waals surface area contributed by atoms with Crippen molar-refractivity contribution >= 4 is 5.78 Å². The highest BCUT2D eigenvalue weighted by Gasteiger charge is 2.08. The molecule has 0 rings (SSSR count). The van der Waals surface area contributed by atoms with Gasteiger partial charge in [-0.2, -0.15) is 0 Å². The molecule has 1 atom stereocenters. The molecule has 1 unspecified atom stereocenters. The van der Waals surface area contributed by atoms with Crippen molar-refractivity contribution in [2.75, 3.05) is 0 Å². The molecule has 0 N–H and O–H groups in total. The number of allylic oxidation sites excluding steroid dienone is 4. The van der Waals surface area contributed by atoms with E-state index in [9.17, 15) is 4.79 Å². The number of ketones is 1. The van der Waals surface area contributed by atoms with E-state index >= 15 is 0 Å². The molecule has 0 aliphatic heterocycles. The molecule has 0 saturated heterocycles. The SMILES string of the molecule is C=CC(C)C(=O)CC(=C)C=CCC(C)C. The molecule has 1 nitrogen and oxygen atoms in total. The second kappa shape index (κ2) is 7.22. The van der Waals surface area contributed by atoms with Gasteiger partial charge in [0.25, 0.3) is 0 Å². The summed E-state index contributed by atoms with van der Waals surface area (Å²) in [5, 5.41) is 0. The number of rotatable bonds is 7. The molecular weight excluding hydrogens is 184 g/mol. The van der Waals surface area contributed by atoms with E-state index < -0.39 is 0 Å². The van der Waals surface area contributed by atoms with Crippen LogP contribution in [0, 0.1) is 11.8 Å². The molecule has 0 aliphatic carbocycles. The fourth-order valence-corrected chi connectivity index (χ4v) is 1.08. The van der Waals surface area contributed by atoms with Crippen molar-refractivity contribution in [1.82, 2.24) is 0 Å². The molecule has 0 radical (unpaired) electrons. The molecule has 0 aliphatic rings. The van der Waals surface area contributed by atoms with Gasteiger partial charge in [-0.1, -0.05) is 45.6 Å². The molecular formula is C14H22O. The quantitative estimate of drug-likeness (QED) is 0.455. The van der Waals surface area contributed by atoms with Gasteiger partial charge in [-0.3, -0.25) is 4.79 Å². The average molecular weight is 206 g/mol. The van der Waals surface area contributed by atoms with Gasteiger partial charge in [-0.05, 0) is 17.9 Å². The van der Waals surface area contributed by atoms with Crippen LogP contribution in [0.15, 0.2) is 37.0 Å². The van der Waals surface area contributed by atoms with Crippen LogP contribution in [-0.2, 0) is 4.79 Å². The van der Waals surface area contributed by atoms with E-state index in [1.807, 2.05) is 13.0 Å². The minimum Gasteiger partial charge on any atom is -0.299 e. The Bertz CT molecular complexity index is 259. The summed E-state index contributed by atoms with van der Waals surface area (Å²) in [4.78, 5) is 11.5.